The Morgan fingerprint density at radius 2 is 1.50 bits per heavy atom. The van der Waals surface area contributed by atoms with Gasteiger partial charge in [0.2, 0.25) is 17.7 Å². The van der Waals surface area contributed by atoms with E-state index in [2.05, 4.69) is 16.0 Å². The maximum atomic E-state index is 12.6. The van der Waals surface area contributed by atoms with Crippen molar-refractivity contribution in [1.29, 1.82) is 0 Å². The summed E-state index contributed by atoms with van der Waals surface area (Å²) < 4.78 is 0. The largest absolute Gasteiger partial charge is 0.480 e. The number of carbonyl (C=O) groups excluding carboxylic acids is 3. The molecule has 0 aliphatic heterocycles. The lowest BCUT2D eigenvalue weighted by Gasteiger charge is -2.24. The molecule has 0 aromatic rings. The Bertz CT molecular complexity index is 584. The highest BCUT2D eigenvalue weighted by Gasteiger charge is 2.30. The van der Waals surface area contributed by atoms with Crippen molar-refractivity contribution in [2.75, 3.05) is 6.54 Å². The third kappa shape index (κ3) is 10.5. The molecule has 11 nitrogen and oxygen atoms in total. The number of carboxylic acid groups (broad SMARTS) is 1. The lowest BCUT2D eigenvalue weighted by atomic mass is 10.0. The van der Waals surface area contributed by atoms with E-state index < -0.39 is 54.0 Å². The highest BCUT2D eigenvalue weighted by molar-refractivity contribution is 5.93. The monoisotopic (exact) mass is 431 g/mol. The maximum Gasteiger partial charge on any atom is 0.328 e. The summed E-state index contributed by atoms with van der Waals surface area (Å²) in [5.41, 5.74) is 11.4. The summed E-state index contributed by atoms with van der Waals surface area (Å²) in [6.07, 6.45) is 0.682. The Labute approximate surface area is 177 Å². The molecule has 0 saturated carbocycles. The van der Waals surface area contributed by atoms with Gasteiger partial charge in [0.05, 0.1) is 12.1 Å². The van der Waals surface area contributed by atoms with Gasteiger partial charge in [0.1, 0.15) is 12.1 Å². The highest BCUT2D eigenvalue weighted by Crippen LogP contribution is 2.06. The predicted octanol–water partition coefficient (Wildman–Crippen LogP) is -1.57. The second kappa shape index (κ2) is 13.9. The van der Waals surface area contributed by atoms with E-state index in [4.69, 9.17) is 16.6 Å². The van der Waals surface area contributed by atoms with Crippen LogP contribution in [0.3, 0.4) is 0 Å². The third-order valence-electron chi connectivity index (χ3n) is 4.44. The molecule has 11 heteroatoms. The van der Waals surface area contributed by atoms with Crippen molar-refractivity contribution in [1.82, 2.24) is 16.0 Å². The van der Waals surface area contributed by atoms with E-state index in [0.29, 0.717) is 32.2 Å². The van der Waals surface area contributed by atoms with Crippen molar-refractivity contribution >= 4 is 23.7 Å². The molecule has 174 valence electrons. The molecule has 5 unspecified atom stereocenters. The zero-order chi connectivity index (χ0) is 23.4. The summed E-state index contributed by atoms with van der Waals surface area (Å²) >= 11 is 0. The van der Waals surface area contributed by atoms with Crippen LogP contribution in [0.2, 0.25) is 0 Å². The molecule has 0 aromatic heterocycles. The minimum absolute atomic E-state index is 0.204. The fourth-order valence-corrected chi connectivity index (χ4v) is 2.70. The molecule has 30 heavy (non-hydrogen) atoms. The molecule has 0 rings (SSSR count). The van der Waals surface area contributed by atoms with Crippen LogP contribution < -0.4 is 27.4 Å². The Balaban J connectivity index is 5.06. The van der Waals surface area contributed by atoms with Crippen LogP contribution in [0.5, 0.6) is 0 Å². The molecular weight excluding hydrogens is 394 g/mol. The second-order valence-electron chi connectivity index (χ2n) is 7.88. The molecule has 9 N–H and O–H groups in total. The van der Waals surface area contributed by atoms with Crippen LogP contribution in [-0.4, -0.2) is 70.7 Å². The molecule has 0 bridgehead atoms. The number of aliphatic hydroxyl groups is 1. The smallest absolute Gasteiger partial charge is 0.328 e. The fourth-order valence-electron chi connectivity index (χ4n) is 2.70. The molecule has 0 aliphatic carbocycles. The zero-order valence-corrected chi connectivity index (χ0v) is 18.2. The number of unbranched alkanes of at least 4 members (excludes halogenated alkanes) is 1. The van der Waals surface area contributed by atoms with Gasteiger partial charge in [0.25, 0.3) is 0 Å². The molecule has 0 spiro atoms. The van der Waals surface area contributed by atoms with Crippen LogP contribution in [-0.2, 0) is 19.2 Å². The first kappa shape index (κ1) is 27.8. The van der Waals surface area contributed by atoms with Crippen LogP contribution in [0, 0.1) is 5.92 Å². The summed E-state index contributed by atoms with van der Waals surface area (Å²) in [5.74, 6) is -3.03. The normalized spacial score (nSPS) is 16.1. The number of hydrogen-bond donors (Lipinski definition) is 7. The van der Waals surface area contributed by atoms with E-state index in [1.165, 1.54) is 13.8 Å². The van der Waals surface area contributed by atoms with Crippen molar-refractivity contribution < 1.29 is 29.4 Å². The standard InChI is InChI=1S/C19H37N5O6/c1-10(2)9-13(21)17(27)23-14(7-5-6-8-20)18(28)22-11(3)16(26)24-15(12(4)25)19(29)30/h10-15,25H,5-9,20-21H2,1-4H3,(H,22,28)(H,23,27)(H,24,26)(H,29,30). The first-order chi connectivity index (χ1) is 13.9. The summed E-state index contributed by atoms with van der Waals surface area (Å²) in [7, 11) is 0. The van der Waals surface area contributed by atoms with Crippen LogP contribution in [0.15, 0.2) is 0 Å². The van der Waals surface area contributed by atoms with Crippen LogP contribution >= 0.6 is 0 Å². The number of hydrogen-bond acceptors (Lipinski definition) is 7. The SMILES string of the molecule is CC(C)CC(N)C(=O)NC(CCCCN)C(=O)NC(C)C(=O)NC(C(=O)O)C(C)O. The third-order valence-corrected chi connectivity index (χ3v) is 4.44. The summed E-state index contributed by atoms with van der Waals surface area (Å²) in [4.78, 5) is 48.3. The van der Waals surface area contributed by atoms with Gasteiger partial charge in [-0.15, -0.1) is 0 Å². The first-order valence-electron chi connectivity index (χ1n) is 10.2. The molecule has 0 aliphatic rings. The molecular formula is C19H37N5O6. The molecule has 0 aromatic carbocycles. The summed E-state index contributed by atoms with van der Waals surface area (Å²) in [5, 5.41) is 25.8. The minimum Gasteiger partial charge on any atom is -0.480 e. The van der Waals surface area contributed by atoms with Gasteiger partial charge >= 0.3 is 5.97 Å². The number of aliphatic carboxylic acids is 1. The van der Waals surface area contributed by atoms with Gasteiger partial charge in [0.15, 0.2) is 6.04 Å². The highest BCUT2D eigenvalue weighted by atomic mass is 16.4. The average molecular weight is 432 g/mol. The average Bonchev–Trinajstić information content (AvgIpc) is 2.63. The van der Waals surface area contributed by atoms with Gasteiger partial charge in [-0.3, -0.25) is 14.4 Å². The summed E-state index contributed by atoms with van der Waals surface area (Å²) in [6.45, 7) is 6.89. The van der Waals surface area contributed by atoms with Gasteiger partial charge in [-0.2, -0.15) is 0 Å². The molecule has 3 amide bonds. The number of aliphatic hydroxyl groups excluding tert-OH is 1. The molecule has 0 heterocycles. The fraction of sp³-hybridized carbons (Fsp3) is 0.789. The van der Waals surface area contributed by atoms with Crippen LogP contribution in [0.4, 0.5) is 0 Å². The van der Waals surface area contributed by atoms with Gasteiger partial charge < -0.3 is 37.6 Å². The van der Waals surface area contributed by atoms with Crippen molar-refractivity contribution in [3.8, 4) is 0 Å². The van der Waals surface area contributed by atoms with Crippen molar-refractivity contribution in [3.63, 3.8) is 0 Å². The number of nitrogens with one attached hydrogen (secondary N) is 3. The van der Waals surface area contributed by atoms with E-state index >= 15 is 0 Å². The van der Waals surface area contributed by atoms with E-state index in [9.17, 15) is 24.3 Å². The first-order valence-corrected chi connectivity index (χ1v) is 10.2. The van der Waals surface area contributed by atoms with Crippen LogP contribution in [0.1, 0.15) is 53.4 Å². The number of carboxylic acids is 1. The zero-order valence-electron chi connectivity index (χ0n) is 18.2. The molecule has 0 fully saturated rings. The topological polar surface area (TPSA) is 197 Å². The van der Waals surface area contributed by atoms with Crippen molar-refractivity contribution in [3.05, 3.63) is 0 Å². The van der Waals surface area contributed by atoms with E-state index in [0.717, 1.165) is 0 Å². The van der Waals surface area contributed by atoms with Gasteiger partial charge in [-0.05, 0) is 52.0 Å². The van der Waals surface area contributed by atoms with Gasteiger partial charge in [-0.1, -0.05) is 13.8 Å². The van der Waals surface area contributed by atoms with Crippen LogP contribution in [0.25, 0.3) is 0 Å². The van der Waals surface area contributed by atoms with Gasteiger partial charge in [-0.25, -0.2) is 4.79 Å². The van der Waals surface area contributed by atoms with E-state index in [1.54, 1.807) is 0 Å². The Morgan fingerprint density at radius 3 is 1.97 bits per heavy atom. The lowest BCUT2D eigenvalue weighted by molar-refractivity contribution is -0.145. The maximum absolute atomic E-state index is 12.6. The summed E-state index contributed by atoms with van der Waals surface area (Å²) in [6, 6.07) is -4.27. The van der Waals surface area contributed by atoms with Gasteiger partial charge in [0, 0.05) is 0 Å². The number of rotatable bonds is 14. The van der Waals surface area contributed by atoms with Crippen molar-refractivity contribution in [2.45, 2.75) is 83.6 Å². The van der Waals surface area contributed by atoms with Crippen molar-refractivity contribution in [2.24, 2.45) is 17.4 Å². The Kier molecular flexibility index (Phi) is 12.8. The number of nitrogens with two attached hydrogens (primary N) is 2. The molecule has 5 atom stereocenters. The lowest BCUT2D eigenvalue weighted by Crippen LogP contribution is -2.57. The number of carbonyl (C=O) groups is 4. The van der Waals surface area contributed by atoms with E-state index in [-0.39, 0.29) is 5.92 Å². The minimum atomic E-state index is -1.51. The Hall–Kier alpha value is -2.24. The Morgan fingerprint density at radius 1 is 0.900 bits per heavy atom. The van der Waals surface area contributed by atoms with E-state index in [1.807, 2.05) is 13.8 Å². The predicted molar refractivity (Wildman–Crippen MR) is 111 cm³/mol. The molecule has 0 saturated heterocycles. The molecule has 0 radical (unpaired) electrons. The number of amides is 3. The second-order valence-corrected chi connectivity index (χ2v) is 7.88. The quantitative estimate of drug-likeness (QED) is 0.160.